The average molecular weight is 320 g/mol. The number of benzene rings is 2. The summed E-state index contributed by atoms with van der Waals surface area (Å²) >= 11 is 1.24. The van der Waals surface area contributed by atoms with E-state index in [1.165, 1.54) is 11.8 Å². The molecule has 2 N–H and O–H groups in total. The number of thioether (sulfide) groups is 1. The number of hydrogen-bond donors (Lipinski definition) is 1. The molecule has 0 fully saturated rings. The van der Waals surface area contributed by atoms with E-state index in [2.05, 4.69) is 0 Å². The van der Waals surface area contributed by atoms with Gasteiger partial charge in [0.05, 0.1) is 4.91 Å². The Morgan fingerprint density at radius 2 is 1.57 bits per heavy atom. The van der Waals surface area contributed by atoms with Crippen molar-refractivity contribution in [1.82, 2.24) is 0 Å². The molecule has 0 saturated carbocycles. The monoisotopic (exact) mass is 320 g/mol. The number of nitrogens with zero attached hydrogens (tertiary/aromatic N) is 1. The van der Waals surface area contributed by atoms with Gasteiger partial charge in [0.2, 0.25) is 0 Å². The molecule has 112 valence electrons. The third-order valence-corrected chi connectivity index (χ3v) is 4.33. The lowest BCUT2D eigenvalue weighted by Crippen LogP contribution is -2.14. The molecule has 3 rings (SSSR count). The van der Waals surface area contributed by atoms with Gasteiger partial charge in [0.15, 0.2) is 10.7 Å². The molecule has 1 aliphatic heterocycles. The van der Waals surface area contributed by atoms with Crippen LogP contribution in [0.25, 0.3) is 10.7 Å². The van der Waals surface area contributed by atoms with Crippen LogP contribution in [0.4, 0.5) is 0 Å². The normalized spacial score (nSPS) is 15.8. The number of nitrogens with two attached hydrogens (primary N) is 1. The molecule has 0 aliphatic carbocycles. The minimum Gasteiger partial charge on any atom is -0.447 e. The second-order valence-electron chi connectivity index (χ2n) is 4.73. The van der Waals surface area contributed by atoms with E-state index in [0.717, 1.165) is 16.0 Å². The summed E-state index contributed by atoms with van der Waals surface area (Å²) < 4.78 is 5.83. The van der Waals surface area contributed by atoms with Crippen molar-refractivity contribution in [3.63, 3.8) is 0 Å². The number of nitriles is 1. The predicted octanol–water partition coefficient (Wildman–Crippen LogP) is 3.50. The molecular weight excluding hydrogens is 308 g/mol. The smallest absolute Gasteiger partial charge is 0.263 e. The Bertz CT molecular complexity index is 796. The minimum absolute atomic E-state index is 0.172. The van der Waals surface area contributed by atoms with Crippen LogP contribution in [0, 0.1) is 11.3 Å². The Labute approximate surface area is 137 Å². The molecular formula is C18H12N2O2S. The Kier molecular flexibility index (Phi) is 4.18. The molecule has 2 aromatic carbocycles. The summed E-state index contributed by atoms with van der Waals surface area (Å²) in [5.74, 6) is -0.178. The van der Waals surface area contributed by atoms with E-state index in [-0.39, 0.29) is 10.7 Å². The quantitative estimate of drug-likeness (QED) is 0.693. The van der Waals surface area contributed by atoms with Crippen molar-refractivity contribution >= 4 is 28.3 Å². The molecule has 0 aromatic heterocycles. The van der Waals surface area contributed by atoms with Crippen LogP contribution in [-0.4, -0.2) is 5.91 Å². The van der Waals surface area contributed by atoms with Crippen LogP contribution in [-0.2, 0) is 9.53 Å². The van der Waals surface area contributed by atoms with Crippen LogP contribution >= 0.6 is 11.8 Å². The average Bonchev–Trinajstić information content (AvgIpc) is 3.02. The number of rotatable bonds is 3. The van der Waals surface area contributed by atoms with Crippen molar-refractivity contribution in [2.75, 3.05) is 0 Å². The molecule has 0 saturated heterocycles. The molecule has 23 heavy (non-hydrogen) atoms. The fraction of sp³-hybridized carbons (Fsp3) is 0. The summed E-state index contributed by atoms with van der Waals surface area (Å²) in [6, 6.07) is 21.0. The Morgan fingerprint density at radius 1 is 1.00 bits per heavy atom. The molecule has 5 heteroatoms. The van der Waals surface area contributed by atoms with Gasteiger partial charge in [0.1, 0.15) is 11.8 Å². The number of carbonyl (C=O) groups is 1. The van der Waals surface area contributed by atoms with Gasteiger partial charge in [0.25, 0.3) is 5.91 Å². The maximum absolute atomic E-state index is 11.4. The van der Waals surface area contributed by atoms with Crippen molar-refractivity contribution < 1.29 is 9.53 Å². The number of primary amides is 1. The molecule has 0 bridgehead atoms. The van der Waals surface area contributed by atoms with E-state index in [9.17, 15) is 4.79 Å². The van der Waals surface area contributed by atoms with E-state index in [1.54, 1.807) is 0 Å². The summed E-state index contributed by atoms with van der Waals surface area (Å²) in [5, 5.41) is 9.37. The predicted molar refractivity (Wildman–Crippen MR) is 90.2 cm³/mol. The standard InChI is InChI=1S/C18H12N2O2S/c19-11-14(17(20)21)18-22-15(12-7-3-1-4-8-12)16(23-18)13-9-5-2-6-10-13/h1-10H,(H2,20,21)/b18-14-. The summed E-state index contributed by atoms with van der Waals surface area (Å²) in [6.07, 6.45) is 0. The second kappa shape index (κ2) is 6.42. The molecule has 1 aliphatic rings. The fourth-order valence-corrected chi connectivity index (χ4v) is 3.23. The van der Waals surface area contributed by atoms with Gasteiger partial charge in [-0.3, -0.25) is 4.79 Å². The van der Waals surface area contributed by atoms with Crippen molar-refractivity contribution in [2.45, 2.75) is 0 Å². The van der Waals surface area contributed by atoms with Gasteiger partial charge in [-0.05, 0) is 17.3 Å². The third-order valence-electron chi connectivity index (χ3n) is 3.23. The minimum atomic E-state index is -0.795. The summed E-state index contributed by atoms with van der Waals surface area (Å²) in [6.45, 7) is 0. The van der Waals surface area contributed by atoms with Gasteiger partial charge in [-0.1, -0.05) is 60.7 Å². The van der Waals surface area contributed by atoms with Crippen LogP contribution < -0.4 is 5.73 Å². The first-order valence-electron chi connectivity index (χ1n) is 6.85. The first kappa shape index (κ1) is 14.9. The van der Waals surface area contributed by atoms with Crippen molar-refractivity contribution in [1.29, 1.82) is 5.26 Å². The SMILES string of the molecule is N#C/C(C(N)=O)=C1\OC(c2ccccc2)=C(c2ccccc2)S1. The zero-order chi connectivity index (χ0) is 16.2. The molecule has 1 heterocycles. The van der Waals surface area contributed by atoms with Gasteiger partial charge >= 0.3 is 0 Å². The number of hydrogen-bond acceptors (Lipinski definition) is 4. The number of carbonyl (C=O) groups excluding carboxylic acids is 1. The molecule has 0 atom stereocenters. The maximum atomic E-state index is 11.4. The first-order valence-corrected chi connectivity index (χ1v) is 7.67. The van der Waals surface area contributed by atoms with Crippen molar-refractivity contribution in [2.24, 2.45) is 5.73 Å². The number of amides is 1. The van der Waals surface area contributed by atoms with E-state index in [4.69, 9.17) is 15.7 Å². The highest BCUT2D eigenvalue weighted by molar-refractivity contribution is 8.12. The molecule has 0 spiro atoms. The largest absolute Gasteiger partial charge is 0.447 e. The number of ether oxygens (including phenoxy) is 1. The summed E-state index contributed by atoms with van der Waals surface area (Å²) in [4.78, 5) is 12.3. The van der Waals surface area contributed by atoms with Gasteiger partial charge in [0, 0.05) is 5.56 Å². The highest BCUT2D eigenvalue weighted by Crippen LogP contribution is 2.49. The maximum Gasteiger partial charge on any atom is 0.263 e. The summed E-state index contributed by atoms with van der Waals surface area (Å²) in [7, 11) is 0. The molecule has 0 radical (unpaired) electrons. The lowest BCUT2D eigenvalue weighted by molar-refractivity contribution is -0.114. The van der Waals surface area contributed by atoms with Crippen LogP contribution in [0.3, 0.4) is 0 Å². The van der Waals surface area contributed by atoms with Crippen LogP contribution in [0.2, 0.25) is 0 Å². The zero-order valence-corrected chi connectivity index (χ0v) is 12.8. The molecule has 2 aromatic rings. The van der Waals surface area contributed by atoms with Crippen LogP contribution in [0.1, 0.15) is 11.1 Å². The Hall–Kier alpha value is -2.97. The fourth-order valence-electron chi connectivity index (χ4n) is 2.16. The Morgan fingerprint density at radius 3 is 2.09 bits per heavy atom. The molecule has 0 unspecified atom stereocenters. The van der Waals surface area contributed by atoms with Gasteiger partial charge < -0.3 is 10.5 Å². The van der Waals surface area contributed by atoms with E-state index in [1.807, 2.05) is 66.7 Å². The van der Waals surface area contributed by atoms with Crippen LogP contribution in [0.5, 0.6) is 0 Å². The lowest BCUT2D eigenvalue weighted by atomic mass is 10.1. The van der Waals surface area contributed by atoms with Crippen molar-refractivity contribution in [3.05, 3.63) is 82.5 Å². The highest BCUT2D eigenvalue weighted by atomic mass is 32.2. The summed E-state index contributed by atoms with van der Waals surface area (Å²) in [5.41, 5.74) is 6.92. The van der Waals surface area contributed by atoms with Gasteiger partial charge in [-0.2, -0.15) is 5.26 Å². The van der Waals surface area contributed by atoms with Crippen LogP contribution in [0.15, 0.2) is 71.3 Å². The first-order chi connectivity index (χ1) is 11.2. The van der Waals surface area contributed by atoms with E-state index >= 15 is 0 Å². The molecule has 1 amide bonds. The Balaban J connectivity index is 2.14. The van der Waals surface area contributed by atoms with E-state index in [0.29, 0.717) is 5.76 Å². The third kappa shape index (κ3) is 2.98. The topological polar surface area (TPSA) is 76.1 Å². The van der Waals surface area contributed by atoms with Gasteiger partial charge in [-0.25, -0.2) is 0 Å². The second-order valence-corrected chi connectivity index (χ2v) is 5.72. The highest BCUT2D eigenvalue weighted by Gasteiger charge is 2.29. The zero-order valence-electron chi connectivity index (χ0n) is 12.0. The van der Waals surface area contributed by atoms with Crippen molar-refractivity contribution in [3.8, 4) is 6.07 Å². The van der Waals surface area contributed by atoms with E-state index < -0.39 is 5.91 Å². The van der Waals surface area contributed by atoms with Gasteiger partial charge in [-0.15, -0.1) is 0 Å². The lowest BCUT2D eigenvalue weighted by Gasteiger charge is -2.05. The molecule has 4 nitrogen and oxygen atoms in total.